The van der Waals surface area contributed by atoms with Crippen LogP contribution in [0.2, 0.25) is 0 Å². The van der Waals surface area contributed by atoms with E-state index in [2.05, 4.69) is 4.98 Å². The van der Waals surface area contributed by atoms with E-state index >= 15 is 0 Å². The van der Waals surface area contributed by atoms with Gasteiger partial charge in [0.15, 0.2) is 6.23 Å². The van der Waals surface area contributed by atoms with Crippen LogP contribution in [0, 0.1) is 5.41 Å². The van der Waals surface area contributed by atoms with Crippen LogP contribution in [-0.4, -0.2) is 68.3 Å². The van der Waals surface area contributed by atoms with Crippen molar-refractivity contribution in [1.29, 1.82) is 0 Å². The summed E-state index contributed by atoms with van der Waals surface area (Å²) in [5, 5.41) is 5.37. The molecule has 2 saturated heterocycles. The number of nitrogens with zero attached hydrogens (tertiary/aromatic N) is 5. The summed E-state index contributed by atoms with van der Waals surface area (Å²) in [6, 6.07) is 4.73. The van der Waals surface area contributed by atoms with Crippen LogP contribution >= 0.6 is 0 Å². The zero-order valence-electron chi connectivity index (χ0n) is 25.0. The lowest BCUT2D eigenvalue weighted by molar-refractivity contribution is -0.146. The van der Waals surface area contributed by atoms with Gasteiger partial charge in [-0.2, -0.15) is 18.3 Å². The molecule has 2 aliphatic heterocycles. The third-order valence-corrected chi connectivity index (χ3v) is 8.76. The Hall–Kier alpha value is -3.41. The summed E-state index contributed by atoms with van der Waals surface area (Å²) in [6.07, 6.45) is 3.19. The third-order valence-electron chi connectivity index (χ3n) is 8.76. The molecule has 2 unspecified atom stereocenters. The van der Waals surface area contributed by atoms with Crippen LogP contribution in [0.3, 0.4) is 0 Å². The topological polar surface area (TPSA) is 91.6 Å². The van der Waals surface area contributed by atoms with E-state index in [0.717, 1.165) is 45.4 Å². The zero-order chi connectivity index (χ0) is 30.6. The standard InChI is InChI=1S/C31H38F3N5O4/c1-19(31(32,33)34)20-8-9-23-21(15-20)27(37-39(23)26-7-5-6-14-41-26)22-16-35-17-25(36-22)42-24-18-38(13-12-30(24)10-11-30)28(40)43-29(2,3)4/h8-9,15-17,19,24,26H,5-7,10-14,18H2,1-4H3/t19?,24-,26?/m0/s1. The van der Waals surface area contributed by atoms with Crippen LogP contribution in [0.1, 0.15) is 83.9 Å². The number of piperidine rings is 1. The molecule has 232 valence electrons. The monoisotopic (exact) mass is 601 g/mol. The molecule has 4 heterocycles. The van der Waals surface area contributed by atoms with Crippen molar-refractivity contribution in [3.8, 4) is 17.3 Å². The second-order valence-corrected chi connectivity index (χ2v) is 13.0. The van der Waals surface area contributed by atoms with Crippen molar-refractivity contribution in [2.24, 2.45) is 5.41 Å². The Bertz CT molecular complexity index is 1490. The first kappa shape index (κ1) is 29.7. The molecule has 43 heavy (non-hydrogen) atoms. The fourth-order valence-electron chi connectivity index (χ4n) is 6.00. The first-order valence-corrected chi connectivity index (χ1v) is 15.0. The number of carbonyl (C=O) groups is 1. The molecule has 3 fully saturated rings. The number of rotatable bonds is 5. The largest absolute Gasteiger partial charge is 0.471 e. The van der Waals surface area contributed by atoms with E-state index in [1.54, 1.807) is 27.9 Å². The van der Waals surface area contributed by atoms with Crippen LogP contribution in [0.25, 0.3) is 22.3 Å². The molecule has 0 N–H and O–H groups in total. The number of amides is 1. The number of fused-ring (bicyclic) bond motifs is 1. The molecule has 1 spiro atoms. The Morgan fingerprint density at radius 1 is 1.14 bits per heavy atom. The van der Waals surface area contributed by atoms with E-state index < -0.39 is 17.7 Å². The number of hydrogen-bond donors (Lipinski definition) is 0. The summed E-state index contributed by atoms with van der Waals surface area (Å²) >= 11 is 0. The van der Waals surface area contributed by atoms with Gasteiger partial charge in [0.2, 0.25) is 5.88 Å². The highest BCUT2D eigenvalue weighted by Crippen LogP contribution is 2.55. The minimum Gasteiger partial charge on any atom is -0.471 e. The van der Waals surface area contributed by atoms with Crippen LogP contribution in [0.4, 0.5) is 18.0 Å². The maximum absolute atomic E-state index is 13.6. The van der Waals surface area contributed by atoms with Gasteiger partial charge in [0.05, 0.1) is 30.4 Å². The summed E-state index contributed by atoms with van der Waals surface area (Å²) in [4.78, 5) is 23.6. The van der Waals surface area contributed by atoms with Crippen LogP contribution in [0.5, 0.6) is 5.88 Å². The average molecular weight is 602 g/mol. The van der Waals surface area contributed by atoms with Gasteiger partial charge in [0, 0.05) is 24.0 Å². The van der Waals surface area contributed by atoms with Gasteiger partial charge < -0.3 is 19.1 Å². The lowest BCUT2D eigenvalue weighted by atomic mass is 9.90. The SMILES string of the molecule is CC(c1ccc2c(c1)c(-c1cncc(O[C@H]3CN(C(=O)OC(C)(C)C)CCC34CC4)n1)nn2C1CCCCO1)C(F)(F)F. The number of aromatic nitrogens is 4. The van der Waals surface area contributed by atoms with Crippen LogP contribution in [0.15, 0.2) is 30.6 Å². The molecule has 1 aliphatic carbocycles. The first-order chi connectivity index (χ1) is 20.3. The predicted octanol–water partition coefficient (Wildman–Crippen LogP) is 7.03. The summed E-state index contributed by atoms with van der Waals surface area (Å²) in [5.41, 5.74) is 0.994. The number of carbonyl (C=O) groups excluding carboxylic acids is 1. The second kappa shape index (κ2) is 10.9. The van der Waals surface area contributed by atoms with Crippen molar-refractivity contribution >= 4 is 17.0 Å². The van der Waals surface area contributed by atoms with Crippen LogP contribution < -0.4 is 4.74 Å². The molecule has 0 radical (unpaired) electrons. The number of hydrogen-bond acceptors (Lipinski definition) is 7. The minimum absolute atomic E-state index is 0.0224. The summed E-state index contributed by atoms with van der Waals surface area (Å²) in [7, 11) is 0. The third kappa shape index (κ3) is 6.16. The Morgan fingerprint density at radius 3 is 2.60 bits per heavy atom. The molecule has 0 bridgehead atoms. The summed E-state index contributed by atoms with van der Waals surface area (Å²) in [6.45, 7) is 8.24. The lowest BCUT2D eigenvalue weighted by Gasteiger charge is -2.39. The van der Waals surface area contributed by atoms with Crippen molar-refractivity contribution in [3.63, 3.8) is 0 Å². The molecule has 3 atom stereocenters. The van der Waals surface area contributed by atoms with Crippen molar-refractivity contribution in [3.05, 3.63) is 36.2 Å². The van der Waals surface area contributed by atoms with Crippen molar-refractivity contribution in [2.75, 3.05) is 19.7 Å². The molecule has 1 aromatic carbocycles. The molecule has 3 aromatic rings. The predicted molar refractivity (Wildman–Crippen MR) is 153 cm³/mol. The highest BCUT2D eigenvalue weighted by Gasteiger charge is 2.54. The fraction of sp³-hybridized carbons (Fsp3) is 0.613. The molecule has 1 saturated carbocycles. The maximum atomic E-state index is 13.6. The highest BCUT2D eigenvalue weighted by atomic mass is 19.4. The van der Waals surface area contributed by atoms with Crippen LogP contribution in [-0.2, 0) is 9.47 Å². The van der Waals surface area contributed by atoms with E-state index in [1.165, 1.54) is 12.3 Å². The van der Waals surface area contributed by atoms with Gasteiger partial charge in [-0.25, -0.2) is 14.5 Å². The Labute approximate surface area is 248 Å². The number of alkyl halides is 3. The van der Waals surface area contributed by atoms with Gasteiger partial charge in [-0.1, -0.05) is 6.07 Å². The Balaban J connectivity index is 1.32. The molecule has 3 aliphatic rings. The fourth-order valence-corrected chi connectivity index (χ4v) is 6.00. The van der Waals surface area contributed by atoms with Crippen molar-refractivity contribution in [2.45, 2.75) is 96.2 Å². The van der Waals surface area contributed by atoms with Crippen molar-refractivity contribution < 1.29 is 32.2 Å². The highest BCUT2D eigenvalue weighted by molar-refractivity contribution is 5.93. The second-order valence-electron chi connectivity index (χ2n) is 13.0. The van der Waals surface area contributed by atoms with Gasteiger partial charge in [-0.3, -0.25) is 4.98 Å². The van der Waals surface area contributed by atoms with E-state index in [-0.39, 0.29) is 35.3 Å². The normalized spacial score (nSPS) is 22.9. The quantitative estimate of drug-likeness (QED) is 0.310. The van der Waals surface area contributed by atoms with Gasteiger partial charge >= 0.3 is 12.3 Å². The van der Waals surface area contributed by atoms with Gasteiger partial charge in [-0.15, -0.1) is 0 Å². The molecule has 2 aromatic heterocycles. The number of halogens is 3. The summed E-state index contributed by atoms with van der Waals surface area (Å²) in [5.74, 6) is -1.37. The smallest absolute Gasteiger partial charge is 0.410 e. The van der Waals surface area contributed by atoms with E-state index in [0.29, 0.717) is 42.0 Å². The van der Waals surface area contributed by atoms with E-state index in [4.69, 9.17) is 24.3 Å². The number of benzene rings is 1. The first-order valence-electron chi connectivity index (χ1n) is 15.0. The average Bonchev–Trinajstić information content (AvgIpc) is 3.63. The van der Waals surface area contributed by atoms with Gasteiger partial charge in [-0.05, 0) is 83.9 Å². The molecular weight excluding hydrogens is 563 g/mol. The molecule has 12 heteroatoms. The van der Waals surface area contributed by atoms with E-state index in [9.17, 15) is 18.0 Å². The van der Waals surface area contributed by atoms with Gasteiger partial charge in [0.25, 0.3) is 0 Å². The van der Waals surface area contributed by atoms with Gasteiger partial charge in [0.1, 0.15) is 23.1 Å². The number of ether oxygens (including phenoxy) is 3. The molecule has 9 nitrogen and oxygen atoms in total. The molecular formula is C31H38F3N5O4. The molecule has 6 rings (SSSR count). The molecule has 1 amide bonds. The minimum atomic E-state index is -4.38. The zero-order valence-corrected chi connectivity index (χ0v) is 25.0. The van der Waals surface area contributed by atoms with E-state index in [1.807, 2.05) is 20.8 Å². The van der Waals surface area contributed by atoms with Crippen molar-refractivity contribution in [1.82, 2.24) is 24.6 Å². The Kier molecular flexibility index (Phi) is 7.55. The number of likely N-dealkylation sites (tertiary alicyclic amines) is 1. The summed E-state index contributed by atoms with van der Waals surface area (Å²) < 4.78 is 60.7. The lowest BCUT2D eigenvalue weighted by Crippen LogP contribution is -2.51. The Morgan fingerprint density at radius 2 is 1.93 bits per heavy atom. The maximum Gasteiger partial charge on any atom is 0.410 e.